The van der Waals surface area contributed by atoms with Gasteiger partial charge in [-0.15, -0.1) is 0 Å². The normalized spacial score (nSPS) is 21.4. The van der Waals surface area contributed by atoms with Gasteiger partial charge in [0, 0.05) is 25.6 Å². The second-order valence-electron chi connectivity index (χ2n) is 8.84. The number of fused-ring (bicyclic) bond motifs is 1. The standard InChI is InChI=1S/C21H27N5O3/c1-14-5-6-17(26-22-8-9-23-26)16(11-14)19(27)25-12-15-7-10-24(13-18(15)25)20(28)29-21(2,3)4/h5-6,8-9,11,15,18H,7,10,12-13H2,1-4H3/t15-,18-/m0/s1. The van der Waals surface area contributed by atoms with Crippen LogP contribution >= 0.6 is 0 Å². The van der Waals surface area contributed by atoms with Crippen LogP contribution in [0.2, 0.25) is 0 Å². The molecule has 0 saturated carbocycles. The summed E-state index contributed by atoms with van der Waals surface area (Å²) >= 11 is 0. The number of carbonyl (C=O) groups excluding carboxylic acids is 2. The van der Waals surface area contributed by atoms with E-state index in [0.29, 0.717) is 36.8 Å². The minimum Gasteiger partial charge on any atom is -0.444 e. The third-order valence-corrected chi connectivity index (χ3v) is 5.48. The van der Waals surface area contributed by atoms with Crippen molar-refractivity contribution in [3.63, 3.8) is 0 Å². The molecule has 3 heterocycles. The number of aryl methyl sites for hydroxylation is 1. The van der Waals surface area contributed by atoms with Gasteiger partial charge >= 0.3 is 6.09 Å². The number of carbonyl (C=O) groups is 2. The second kappa shape index (κ2) is 7.17. The Kier molecular flexibility index (Phi) is 4.80. The zero-order chi connectivity index (χ0) is 20.8. The van der Waals surface area contributed by atoms with Crippen LogP contribution < -0.4 is 0 Å². The molecule has 0 radical (unpaired) electrons. The number of ether oxygens (including phenoxy) is 1. The first-order valence-corrected chi connectivity index (χ1v) is 9.99. The zero-order valence-corrected chi connectivity index (χ0v) is 17.3. The Balaban J connectivity index is 1.53. The first-order chi connectivity index (χ1) is 13.7. The molecule has 2 aliphatic heterocycles. The van der Waals surface area contributed by atoms with Gasteiger partial charge in [0.1, 0.15) is 5.60 Å². The molecule has 0 unspecified atom stereocenters. The number of nitrogens with zero attached hydrogens (tertiary/aromatic N) is 5. The molecule has 8 nitrogen and oxygen atoms in total. The van der Waals surface area contributed by atoms with Gasteiger partial charge < -0.3 is 14.5 Å². The number of piperidine rings is 1. The molecular weight excluding hydrogens is 370 g/mol. The van der Waals surface area contributed by atoms with Crippen LogP contribution in [-0.4, -0.2) is 68.1 Å². The Hall–Kier alpha value is -2.90. The van der Waals surface area contributed by atoms with Gasteiger partial charge in [-0.25, -0.2) is 4.79 Å². The molecule has 1 aromatic heterocycles. The molecule has 154 valence electrons. The molecule has 8 heteroatoms. The Morgan fingerprint density at radius 2 is 1.86 bits per heavy atom. The van der Waals surface area contributed by atoms with Gasteiger partial charge in [-0.3, -0.25) is 4.79 Å². The molecule has 4 rings (SSSR count). The predicted octanol–water partition coefficient (Wildman–Crippen LogP) is 2.66. The van der Waals surface area contributed by atoms with E-state index in [-0.39, 0.29) is 18.0 Å². The lowest BCUT2D eigenvalue weighted by Crippen LogP contribution is -2.66. The van der Waals surface area contributed by atoms with Crippen molar-refractivity contribution in [1.82, 2.24) is 24.8 Å². The van der Waals surface area contributed by atoms with Gasteiger partial charge in [0.2, 0.25) is 0 Å². The molecule has 0 bridgehead atoms. The quantitative estimate of drug-likeness (QED) is 0.778. The molecule has 2 atom stereocenters. The molecule has 0 aliphatic carbocycles. The smallest absolute Gasteiger partial charge is 0.410 e. The van der Waals surface area contributed by atoms with Gasteiger partial charge in [0.15, 0.2) is 0 Å². The third-order valence-electron chi connectivity index (χ3n) is 5.48. The number of likely N-dealkylation sites (tertiary alicyclic amines) is 2. The van der Waals surface area contributed by atoms with Gasteiger partial charge in [-0.1, -0.05) is 11.6 Å². The molecule has 29 heavy (non-hydrogen) atoms. The molecule has 1 aromatic carbocycles. The number of benzene rings is 1. The highest BCUT2D eigenvalue weighted by Gasteiger charge is 2.47. The number of hydrogen-bond acceptors (Lipinski definition) is 5. The van der Waals surface area contributed by atoms with Crippen molar-refractivity contribution in [2.24, 2.45) is 5.92 Å². The molecule has 0 spiro atoms. The fraction of sp³-hybridized carbons (Fsp3) is 0.524. The fourth-order valence-corrected chi connectivity index (χ4v) is 4.01. The SMILES string of the molecule is Cc1ccc(-n2nccn2)c(C(=O)N2C[C@@H]3CCN(C(=O)OC(C)(C)C)C[C@@H]32)c1. The van der Waals surface area contributed by atoms with Crippen LogP contribution in [0.25, 0.3) is 5.69 Å². The first kappa shape index (κ1) is 19.4. The van der Waals surface area contributed by atoms with Crippen molar-refractivity contribution in [1.29, 1.82) is 0 Å². The topological polar surface area (TPSA) is 80.6 Å². The van der Waals surface area contributed by atoms with E-state index in [1.165, 1.54) is 4.80 Å². The molecule has 2 fully saturated rings. The summed E-state index contributed by atoms with van der Waals surface area (Å²) in [5.41, 5.74) is 1.71. The number of rotatable bonds is 2. The van der Waals surface area contributed by atoms with Crippen LogP contribution in [0, 0.1) is 12.8 Å². The van der Waals surface area contributed by atoms with E-state index in [9.17, 15) is 9.59 Å². The van der Waals surface area contributed by atoms with Crippen molar-refractivity contribution in [2.45, 2.75) is 45.8 Å². The van der Waals surface area contributed by atoms with Crippen LogP contribution in [0.3, 0.4) is 0 Å². The van der Waals surface area contributed by atoms with Crippen molar-refractivity contribution >= 4 is 12.0 Å². The average molecular weight is 397 g/mol. The number of amides is 2. The van der Waals surface area contributed by atoms with Crippen LogP contribution in [0.15, 0.2) is 30.6 Å². The summed E-state index contributed by atoms with van der Waals surface area (Å²) in [6, 6.07) is 5.71. The summed E-state index contributed by atoms with van der Waals surface area (Å²) in [7, 11) is 0. The third kappa shape index (κ3) is 3.83. The highest BCUT2D eigenvalue weighted by Crippen LogP contribution is 2.35. The summed E-state index contributed by atoms with van der Waals surface area (Å²) in [4.78, 5) is 30.9. The van der Waals surface area contributed by atoms with Gasteiger partial charge in [0.25, 0.3) is 5.91 Å². The Bertz CT molecular complexity index is 919. The lowest BCUT2D eigenvalue weighted by Gasteiger charge is -2.53. The maximum atomic E-state index is 13.4. The summed E-state index contributed by atoms with van der Waals surface area (Å²) in [5.74, 6) is 0.377. The zero-order valence-electron chi connectivity index (χ0n) is 17.3. The van der Waals surface area contributed by atoms with Crippen molar-refractivity contribution in [2.75, 3.05) is 19.6 Å². The van der Waals surface area contributed by atoms with Gasteiger partial charge in [-0.2, -0.15) is 15.0 Å². The lowest BCUT2D eigenvalue weighted by atomic mass is 9.81. The predicted molar refractivity (Wildman–Crippen MR) is 107 cm³/mol. The van der Waals surface area contributed by atoms with E-state index in [4.69, 9.17) is 4.74 Å². The minimum atomic E-state index is -0.531. The Morgan fingerprint density at radius 3 is 2.55 bits per heavy atom. The maximum absolute atomic E-state index is 13.4. The summed E-state index contributed by atoms with van der Waals surface area (Å²) in [6.45, 7) is 9.43. The van der Waals surface area contributed by atoms with Gasteiger partial charge in [-0.05, 0) is 46.2 Å². The van der Waals surface area contributed by atoms with E-state index < -0.39 is 5.60 Å². The summed E-state index contributed by atoms with van der Waals surface area (Å²) in [6.07, 6.45) is 3.75. The van der Waals surface area contributed by atoms with Crippen molar-refractivity contribution < 1.29 is 14.3 Å². The molecule has 2 amide bonds. The van der Waals surface area contributed by atoms with E-state index in [1.807, 2.05) is 50.8 Å². The van der Waals surface area contributed by atoms with Crippen molar-refractivity contribution in [3.05, 3.63) is 41.7 Å². The van der Waals surface area contributed by atoms with E-state index in [1.54, 1.807) is 17.3 Å². The van der Waals surface area contributed by atoms with E-state index >= 15 is 0 Å². The monoisotopic (exact) mass is 397 g/mol. The number of hydrogen-bond donors (Lipinski definition) is 0. The molecular formula is C21H27N5O3. The van der Waals surface area contributed by atoms with Crippen molar-refractivity contribution in [3.8, 4) is 5.69 Å². The summed E-state index contributed by atoms with van der Waals surface area (Å²) < 4.78 is 5.51. The Labute approximate surface area is 170 Å². The first-order valence-electron chi connectivity index (χ1n) is 9.99. The number of aromatic nitrogens is 3. The summed E-state index contributed by atoms with van der Waals surface area (Å²) in [5, 5.41) is 8.36. The highest BCUT2D eigenvalue weighted by atomic mass is 16.6. The minimum absolute atomic E-state index is 0.0164. The molecule has 2 aliphatic rings. The van der Waals surface area contributed by atoms with Gasteiger partial charge in [0.05, 0.1) is 29.7 Å². The van der Waals surface area contributed by atoms with Crippen LogP contribution in [0.1, 0.15) is 43.1 Å². The molecule has 2 saturated heterocycles. The second-order valence-corrected chi connectivity index (χ2v) is 8.84. The van der Waals surface area contributed by atoms with E-state index in [0.717, 1.165) is 12.0 Å². The molecule has 2 aromatic rings. The Morgan fingerprint density at radius 1 is 1.14 bits per heavy atom. The van der Waals surface area contributed by atoms with Crippen LogP contribution in [0.5, 0.6) is 0 Å². The maximum Gasteiger partial charge on any atom is 0.410 e. The average Bonchev–Trinajstić information content (AvgIpc) is 3.15. The highest BCUT2D eigenvalue weighted by molar-refractivity contribution is 5.98. The molecule has 0 N–H and O–H groups in total. The van der Waals surface area contributed by atoms with E-state index in [2.05, 4.69) is 10.2 Å². The fourth-order valence-electron chi connectivity index (χ4n) is 4.01. The van der Waals surface area contributed by atoms with Crippen LogP contribution in [-0.2, 0) is 4.74 Å². The largest absolute Gasteiger partial charge is 0.444 e. The van der Waals surface area contributed by atoms with Crippen LogP contribution in [0.4, 0.5) is 4.79 Å². The lowest BCUT2D eigenvalue weighted by molar-refractivity contribution is -0.0385.